The minimum Gasteiger partial charge on any atom is -0.277 e. The fourth-order valence-corrected chi connectivity index (χ4v) is 5.35. The van der Waals surface area contributed by atoms with E-state index in [-0.39, 0.29) is 17.4 Å². The SMILES string of the molecule is CC(C)C(=O)N1c2ncnn2C2(CCCCC2)[C@@H]2CCCC[C@@H]21. The molecule has 1 aliphatic heterocycles. The zero-order chi connectivity index (χ0) is 16.0. The van der Waals surface area contributed by atoms with Crippen LogP contribution in [0.25, 0.3) is 0 Å². The van der Waals surface area contributed by atoms with E-state index in [2.05, 4.69) is 14.8 Å². The van der Waals surface area contributed by atoms with Crippen LogP contribution in [-0.2, 0) is 10.3 Å². The molecule has 0 aromatic carbocycles. The number of nitrogens with zero attached hydrogens (tertiary/aromatic N) is 4. The third-order valence-corrected chi connectivity index (χ3v) is 6.37. The van der Waals surface area contributed by atoms with Crippen molar-refractivity contribution in [2.24, 2.45) is 11.8 Å². The molecule has 0 unspecified atom stereocenters. The second-order valence-electron chi connectivity index (χ2n) is 7.96. The molecular weight excluding hydrogens is 288 g/mol. The molecule has 4 rings (SSSR count). The summed E-state index contributed by atoms with van der Waals surface area (Å²) in [6, 6.07) is 0.327. The van der Waals surface area contributed by atoms with E-state index in [0.717, 1.165) is 12.4 Å². The lowest BCUT2D eigenvalue weighted by atomic mass is 9.64. The van der Waals surface area contributed by atoms with Crippen LogP contribution in [0.3, 0.4) is 0 Å². The molecule has 2 saturated carbocycles. The molecule has 126 valence electrons. The summed E-state index contributed by atoms with van der Waals surface area (Å²) in [4.78, 5) is 19.5. The highest BCUT2D eigenvalue weighted by Gasteiger charge is 2.54. The van der Waals surface area contributed by atoms with Gasteiger partial charge in [-0.15, -0.1) is 0 Å². The van der Waals surface area contributed by atoms with Gasteiger partial charge < -0.3 is 0 Å². The van der Waals surface area contributed by atoms with Crippen LogP contribution in [0.4, 0.5) is 5.95 Å². The maximum atomic E-state index is 12.9. The van der Waals surface area contributed by atoms with Crippen LogP contribution in [0.15, 0.2) is 6.33 Å². The zero-order valence-electron chi connectivity index (χ0n) is 14.4. The molecule has 2 aliphatic carbocycles. The topological polar surface area (TPSA) is 51.0 Å². The summed E-state index contributed by atoms with van der Waals surface area (Å²) in [5.41, 5.74) is 0.114. The average Bonchev–Trinajstić information content (AvgIpc) is 3.06. The van der Waals surface area contributed by atoms with Crippen LogP contribution < -0.4 is 4.90 Å². The highest BCUT2D eigenvalue weighted by Crippen LogP contribution is 2.52. The van der Waals surface area contributed by atoms with E-state index in [1.807, 2.05) is 18.7 Å². The second kappa shape index (κ2) is 5.60. The molecule has 5 heteroatoms. The van der Waals surface area contributed by atoms with Gasteiger partial charge in [0.1, 0.15) is 6.33 Å². The van der Waals surface area contributed by atoms with E-state index in [0.29, 0.717) is 12.0 Å². The molecule has 0 radical (unpaired) electrons. The van der Waals surface area contributed by atoms with E-state index < -0.39 is 0 Å². The number of hydrogen-bond acceptors (Lipinski definition) is 3. The Morgan fingerprint density at radius 3 is 2.65 bits per heavy atom. The Balaban J connectivity index is 1.84. The predicted molar refractivity (Wildman–Crippen MR) is 89.2 cm³/mol. The van der Waals surface area contributed by atoms with Crippen molar-refractivity contribution in [3.63, 3.8) is 0 Å². The predicted octanol–water partition coefficient (Wildman–Crippen LogP) is 3.50. The highest BCUT2D eigenvalue weighted by molar-refractivity contribution is 5.94. The molecule has 5 nitrogen and oxygen atoms in total. The summed E-state index contributed by atoms with van der Waals surface area (Å²) < 4.78 is 2.15. The number of carbonyl (C=O) groups is 1. The first-order chi connectivity index (χ1) is 11.1. The van der Waals surface area contributed by atoms with Gasteiger partial charge in [0, 0.05) is 17.9 Å². The van der Waals surface area contributed by atoms with Crippen molar-refractivity contribution in [1.82, 2.24) is 14.8 Å². The van der Waals surface area contributed by atoms with Gasteiger partial charge in [-0.3, -0.25) is 9.69 Å². The zero-order valence-corrected chi connectivity index (χ0v) is 14.4. The molecule has 0 saturated heterocycles. The van der Waals surface area contributed by atoms with E-state index in [1.165, 1.54) is 51.4 Å². The Kier molecular flexibility index (Phi) is 3.69. The first kappa shape index (κ1) is 15.2. The van der Waals surface area contributed by atoms with Gasteiger partial charge >= 0.3 is 0 Å². The second-order valence-corrected chi connectivity index (χ2v) is 7.96. The Labute approximate surface area is 138 Å². The molecule has 1 spiro atoms. The first-order valence-corrected chi connectivity index (χ1v) is 9.39. The molecule has 1 amide bonds. The van der Waals surface area contributed by atoms with Crippen molar-refractivity contribution in [2.45, 2.75) is 83.2 Å². The standard InChI is InChI=1S/C18H28N4O/c1-13(2)16(23)21-15-9-5-4-8-14(15)18(10-6-3-7-11-18)22-17(21)19-12-20-22/h12-15H,3-11H2,1-2H3/t14-,15+/m1/s1. The maximum absolute atomic E-state index is 12.9. The highest BCUT2D eigenvalue weighted by atomic mass is 16.2. The van der Waals surface area contributed by atoms with Gasteiger partial charge in [0.15, 0.2) is 0 Å². The van der Waals surface area contributed by atoms with Gasteiger partial charge in [0.25, 0.3) is 0 Å². The van der Waals surface area contributed by atoms with Crippen LogP contribution in [0.2, 0.25) is 0 Å². The lowest BCUT2D eigenvalue weighted by Gasteiger charge is -2.55. The number of amides is 1. The molecule has 23 heavy (non-hydrogen) atoms. The van der Waals surface area contributed by atoms with E-state index >= 15 is 0 Å². The summed E-state index contributed by atoms with van der Waals surface area (Å²) in [5, 5.41) is 4.63. The smallest absolute Gasteiger partial charge is 0.232 e. The Bertz CT molecular complexity index is 588. The largest absolute Gasteiger partial charge is 0.277 e. The lowest BCUT2D eigenvalue weighted by molar-refractivity contribution is -0.123. The fraction of sp³-hybridized carbons (Fsp3) is 0.833. The minimum absolute atomic E-state index is 0.00290. The monoisotopic (exact) mass is 316 g/mol. The van der Waals surface area contributed by atoms with Gasteiger partial charge in [-0.25, -0.2) is 4.68 Å². The van der Waals surface area contributed by atoms with E-state index in [9.17, 15) is 4.79 Å². The maximum Gasteiger partial charge on any atom is 0.232 e. The van der Waals surface area contributed by atoms with Crippen molar-refractivity contribution in [2.75, 3.05) is 4.90 Å². The molecule has 2 fully saturated rings. The number of fused-ring (bicyclic) bond motifs is 4. The van der Waals surface area contributed by atoms with Gasteiger partial charge in [-0.1, -0.05) is 46.0 Å². The van der Waals surface area contributed by atoms with Crippen molar-refractivity contribution < 1.29 is 4.79 Å². The number of carbonyl (C=O) groups excluding carboxylic acids is 1. The van der Waals surface area contributed by atoms with Crippen LogP contribution >= 0.6 is 0 Å². The van der Waals surface area contributed by atoms with Crippen LogP contribution in [-0.4, -0.2) is 26.7 Å². The molecule has 2 heterocycles. The van der Waals surface area contributed by atoms with Gasteiger partial charge in [0.05, 0.1) is 5.54 Å². The quantitative estimate of drug-likeness (QED) is 0.797. The van der Waals surface area contributed by atoms with Crippen molar-refractivity contribution in [3.8, 4) is 0 Å². The lowest BCUT2D eigenvalue weighted by Crippen LogP contribution is -2.62. The number of aromatic nitrogens is 3. The Morgan fingerprint density at radius 1 is 1.17 bits per heavy atom. The molecule has 2 atom stereocenters. The minimum atomic E-state index is 0.00290. The fourth-order valence-electron chi connectivity index (χ4n) is 5.35. The number of rotatable bonds is 1. The van der Waals surface area contributed by atoms with Crippen LogP contribution in [0.5, 0.6) is 0 Å². The van der Waals surface area contributed by atoms with Gasteiger partial charge in [-0.05, 0) is 25.7 Å². The molecule has 3 aliphatic rings. The van der Waals surface area contributed by atoms with E-state index in [1.54, 1.807) is 6.33 Å². The van der Waals surface area contributed by atoms with Gasteiger partial charge in [-0.2, -0.15) is 10.1 Å². The summed E-state index contributed by atoms with van der Waals surface area (Å²) in [6.07, 6.45) is 12.8. The van der Waals surface area contributed by atoms with Crippen molar-refractivity contribution >= 4 is 11.9 Å². The van der Waals surface area contributed by atoms with Crippen molar-refractivity contribution in [1.29, 1.82) is 0 Å². The molecule has 1 aromatic rings. The number of anilines is 1. The third-order valence-electron chi connectivity index (χ3n) is 6.37. The Morgan fingerprint density at radius 2 is 1.91 bits per heavy atom. The summed E-state index contributed by atoms with van der Waals surface area (Å²) >= 11 is 0. The van der Waals surface area contributed by atoms with Crippen LogP contribution in [0.1, 0.15) is 71.6 Å². The first-order valence-electron chi connectivity index (χ1n) is 9.39. The molecule has 0 bridgehead atoms. The molecule has 0 N–H and O–H groups in total. The van der Waals surface area contributed by atoms with Crippen LogP contribution in [0, 0.1) is 11.8 Å². The average molecular weight is 316 g/mol. The summed E-state index contributed by atoms with van der Waals surface area (Å²) in [7, 11) is 0. The van der Waals surface area contributed by atoms with Crippen molar-refractivity contribution in [3.05, 3.63) is 6.33 Å². The normalized spacial score (nSPS) is 29.4. The summed E-state index contributed by atoms with van der Waals surface area (Å²) in [6.45, 7) is 3.98. The van der Waals surface area contributed by atoms with E-state index in [4.69, 9.17) is 0 Å². The third kappa shape index (κ3) is 2.15. The number of hydrogen-bond donors (Lipinski definition) is 0. The molecular formula is C18H28N4O. The molecule has 1 aromatic heterocycles. The van der Waals surface area contributed by atoms with Gasteiger partial charge in [0.2, 0.25) is 11.9 Å². The Hall–Kier alpha value is -1.39. The summed E-state index contributed by atoms with van der Waals surface area (Å²) in [5.74, 6) is 1.58.